The summed E-state index contributed by atoms with van der Waals surface area (Å²) in [7, 11) is 1.49. The van der Waals surface area contributed by atoms with Crippen molar-refractivity contribution in [1.82, 2.24) is 24.4 Å². The number of carboxylic acid groups (broad SMARTS) is 2. The summed E-state index contributed by atoms with van der Waals surface area (Å²) >= 11 is 0. The van der Waals surface area contributed by atoms with Crippen LogP contribution in [0, 0.1) is 11.8 Å². The lowest BCUT2D eigenvalue weighted by atomic mass is 10.4. The van der Waals surface area contributed by atoms with Gasteiger partial charge < -0.3 is 25.2 Å². The Balaban J connectivity index is 0.000000509. The molecule has 12 nitrogen and oxygen atoms in total. The molecule has 1 unspecified atom stereocenters. The van der Waals surface area contributed by atoms with Gasteiger partial charge in [-0.3, -0.25) is 13.9 Å². The Hall–Kier alpha value is -3.80. The number of ether oxygens (including phenoxy) is 1. The predicted octanol–water partition coefficient (Wildman–Crippen LogP) is 0.0481. The highest BCUT2D eigenvalue weighted by atomic mass is 19.4. The second-order valence-electron chi connectivity index (χ2n) is 6.99. The minimum atomic E-state index is -5.08. The van der Waals surface area contributed by atoms with Crippen molar-refractivity contribution in [2.24, 2.45) is 7.05 Å². The summed E-state index contributed by atoms with van der Waals surface area (Å²) in [5.41, 5.74) is 0.181. The van der Waals surface area contributed by atoms with Crippen LogP contribution >= 0.6 is 0 Å². The highest BCUT2D eigenvalue weighted by Gasteiger charge is 2.38. The number of hydrogen-bond acceptors (Lipinski definition) is 8. The average molecular weight is 488 g/mol. The number of alkyl halides is 3. The summed E-state index contributed by atoms with van der Waals surface area (Å²) in [6.45, 7) is 6.57. The fourth-order valence-corrected chi connectivity index (χ4v) is 2.86. The third kappa shape index (κ3) is 6.16. The number of hydrogen-bond donors (Lipinski definition) is 3. The van der Waals surface area contributed by atoms with Gasteiger partial charge in [-0.15, -0.1) is 5.92 Å². The van der Waals surface area contributed by atoms with Crippen molar-refractivity contribution in [3.8, 4) is 17.9 Å². The molecule has 3 rings (SSSR count). The largest absolute Gasteiger partial charge is 0.490 e. The molecule has 1 fully saturated rings. The van der Waals surface area contributed by atoms with E-state index < -0.39 is 24.2 Å². The molecular formula is C19H23F3N6O6. The molecule has 1 saturated heterocycles. The van der Waals surface area contributed by atoms with E-state index in [9.17, 15) is 22.8 Å². The van der Waals surface area contributed by atoms with E-state index in [0.717, 1.165) is 26.2 Å². The van der Waals surface area contributed by atoms with Crippen molar-refractivity contribution < 1.29 is 37.7 Å². The molecule has 0 radical (unpaired) electrons. The Morgan fingerprint density at radius 2 is 1.82 bits per heavy atom. The molecule has 0 amide bonds. The van der Waals surface area contributed by atoms with Crippen molar-refractivity contribution in [2.75, 3.05) is 31.1 Å². The highest BCUT2D eigenvalue weighted by molar-refractivity contribution is 5.75. The number of imidazole rings is 1. The van der Waals surface area contributed by atoms with Crippen LogP contribution in [0.15, 0.2) is 4.79 Å². The van der Waals surface area contributed by atoms with Crippen molar-refractivity contribution in [3.63, 3.8) is 0 Å². The summed E-state index contributed by atoms with van der Waals surface area (Å²) in [4.78, 5) is 43.8. The third-order valence-corrected chi connectivity index (χ3v) is 4.61. The van der Waals surface area contributed by atoms with Gasteiger partial charge in [0.25, 0.3) is 5.56 Å². The maximum atomic E-state index is 12.9. The molecule has 3 N–H and O–H groups in total. The van der Waals surface area contributed by atoms with Gasteiger partial charge in [-0.1, -0.05) is 5.92 Å². The summed E-state index contributed by atoms with van der Waals surface area (Å²) in [5, 5.41) is 19.4. The Bertz CT molecular complexity index is 1170. The molecule has 2 aromatic heterocycles. The fraction of sp³-hybridized carbons (Fsp3) is 0.526. The van der Waals surface area contributed by atoms with Crippen molar-refractivity contribution in [1.29, 1.82) is 0 Å². The number of rotatable bonds is 5. The van der Waals surface area contributed by atoms with Gasteiger partial charge in [0, 0.05) is 33.2 Å². The molecule has 3 heterocycles. The standard InChI is InChI=1S/C17H22N6O4.C2HF3O2/c1-4-5-8-23-12-13(19-16(23)22-9-6-18-7-10-22)20-17(21(3)14(12)24)27-11(2)15(25)26;3-2(4,5)1(6)7/h11,18H,6-10H2,1-3H3,(H,25,26);(H,6,7). The molecule has 0 spiro atoms. The van der Waals surface area contributed by atoms with Gasteiger partial charge in [0.2, 0.25) is 5.95 Å². The zero-order valence-corrected chi connectivity index (χ0v) is 18.5. The van der Waals surface area contributed by atoms with E-state index >= 15 is 0 Å². The lowest BCUT2D eigenvalue weighted by Gasteiger charge is -2.28. The molecule has 1 atom stereocenters. The Labute approximate surface area is 191 Å². The van der Waals surface area contributed by atoms with E-state index in [2.05, 4.69) is 32.0 Å². The molecule has 1 aliphatic rings. The maximum Gasteiger partial charge on any atom is 0.490 e. The first-order chi connectivity index (χ1) is 15.9. The van der Waals surface area contributed by atoms with Gasteiger partial charge in [0.05, 0.1) is 6.54 Å². The van der Waals surface area contributed by atoms with E-state index in [1.165, 1.54) is 18.5 Å². The van der Waals surface area contributed by atoms with Crippen LogP contribution in [-0.4, -0.2) is 79.7 Å². The fourth-order valence-electron chi connectivity index (χ4n) is 2.86. The molecule has 0 saturated carbocycles. The molecule has 1 aliphatic heterocycles. The van der Waals surface area contributed by atoms with Crippen molar-refractivity contribution in [2.45, 2.75) is 32.7 Å². The van der Waals surface area contributed by atoms with Gasteiger partial charge in [0.1, 0.15) is 0 Å². The molecule has 0 bridgehead atoms. The Kier molecular flexibility index (Phi) is 8.46. The van der Waals surface area contributed by atoms with Crippen LogP contribution < -0.4 is 20.5 Å². The number of carbonyl (C=O) groups is 2. The first-order valence-electron chi connectivity index (χ1n) is 9.90. The van der Waals surface area contributed by atoms with E-state index in [0.29, 0.717) is 18.0 Å². The first kappa shape index (κ1) is 26.5. The smallest absolute Gasteiger partial charge is 0.479 e. The third-order valence-electron chi connectivity index (χ3n) is 4.61. The van der Waals surface area contributed by atoms with Gasteiger partial charge in [-0.05, 0) is 13.8 Å². The van der Waals surface area contributed by atoms with Gasteiger partial charge >= 0.3 is 24.1 Å². The van der Waals surface area contributed by atoms with Gasteiger partial charge in [-0.25, -0.2) is 9.59 Å². The summed E-state index contributed by atoms with van der Waals surface area (Å²) < 4.78 is 40.0. The number of fused-ring (bicyclic) bond motifs is 1. The summed E-state index contributed by atoms with van der Waals surface area (Å²) in [6, 6.07) is -0.0829. The number of halogens is 3. The molecular weight excluding hydrogens is 465 g/mol. The van der Waals surface area contributed by atoms with Gasteiger partial charge in [-0.2, -0.15) is 23.1 Å². The van der Waals surface area contributed by atoms with Gasteiger partial charge in [0.15, 0.2) is 17.3 Å². The number of nitrogens with one attached hydrogen (secondary N) is 1. The van der Waals surface area contributed by atoms with E-state index in [1.54, 1.807) is 11.5 Å². The number of aliphatic carboxylic acids is 2. The molecule has 34 heavy (non-hydrogen) atoms. The Morgan fingerprint density at radius 1 is 1.24 bits per heavy atom. The predicted molar refractivity (Wildman–Crippen MR) is 113 cm³/mol. The first-order valence-corrected chi connectivity index (χ1v) is 9.90. The zero-order valence-electron chi connectivity index (χ0n) is 18.5. The molecule has 0 aliphatic carbocycles. The van der Waals surface area contributed by atoms with Crippen LogP contribution in [-0.2, 0) is 23.2 Å². The Morgan fingerprint density at radius 3 is 2.32 bits per heavy atom. The SMILES string of the molecule is CC#CCn1c(N2CCNCC2)nc2nc(OC(C)C(=O)O)n(C)c(=O)c21.O=C(O)C(F)(F)F. The lowest BCUT2D eigenvalue weighted by Crippen LogP contribution is -2.44. The van der Waals surface area contributed by atoms with Crippen LogP contribution in [0.2, 0.25) is 0 Å². The quantitative estimate of drug-likeness (QED) is 0.492. The summed E-state index contributed by atoms with van der Waals surface area (Å²) in [6.07, 6.45) is -6.22. The van der Waals surface area contributed by atoms with E-state index in [-0.39, 0.29) is 17.2 Å². The number of anilines is 1. The monoisotopic (exact) mass is 488 g/mol. The normalized spacial score (nSPS) is 14.5. The van der Waals surface area contributed by atoms with E-state index in [4.69, 9.17) is 19.7 Å². The minimum absolute atomic E-state index is 0.0829. The van der Waals surface area contributed by atoms with Crippen molar-refractivity contribution >= 4 is 29.1 Å². The molecule has 15 heteroatoms. The average Bonchev–Trinajstić information content (AvgIpc) is 3.14. The van der Waals surface area contributed by atoms with Crippen molar-refractivity contribution in [3.05, 3.63) is 10.4 Å². The molecule has 186 valence electrons. The van der Waals surface area contributed by atoms with Crippen LogP contribution in [0.4, 0.5) is 19.1 Å². The number of aromatic nitrogens is 4. The van der Waals surface area contributed by atoms with E-state index in [1.807, 2.05) is 0 Å². The number of nitrogens with zero attached hydrogens (tertiary/aromatic N) is 5. The number of piperazine rings is 1. The van der Waals surface area contributed by atoms with Crippen LogP contribution in [0.25, 0.3) is 11.2 Å². The molecule has 2 aromatic rings. The lowest BCUT2D eigenvalue weighted by molar-refractivity contribution is -0.192. The molecule has 0 aromatic carbocycles. The maximum absolute atomic E-state index is 12.9. The topological polar surface area (TPSA) is 152 Å². The van der Waals surface area contributed by atoms with Crippen LogP contribution in [0.3, 0.4) is 0 Å². The minimum Gasteiger partial charge on any atom is -0.479 e. The van der Waals surface area contributed by atoms with Crippen LogP contribution in [0.5, 0.6) is 6.01 Å². The second-order valence-corrected chi connectivity index (χ2v) is 6.99. The summed E-state index contributed by atoms with van der Waals surface area (Å²) in [5.74, 6) is 2.54. The zero-order chi connectivity index (χ0) is 25.6. The number of carboxylic acids is 2. The second kappa shape index (κ2) is 10.9. The van der Waals surface area contributed by atoms with Crippen LogP contribution in [0.1, 0.15) is 13.8 Å². The highest BCUT2D eigenvalue weighted by Crippen LogP contribution is 2.21.